The molecule has 0 saturated heterocycles. The van der Waals surface area contributed by atoms with Crippen LogP contribution in [0.3, 0.4) is 0 Å². The SMILES string of the molecule is COCC[C@H](N)C=O. The smallest absolute Gasteiger partial charge is 0.136 e. The van der Waals surface area contributed by atoms with Crippen LogP contribution in [-0.4, -0.2) is 26.0 Å². The molecule has 0 aromatic rings. The maximum Gasteiger partial charge on any atom is 0.136 e. The third-order valence-electron chi connectivity index (χ3n) is 0.830. The van der Waals surface area contributed by atoms with Crippen molar-refractivity contribution < 1.29 is 9.53 Å². The Morgan fingerprint density at radius 1 is 1.88 bits per heavy atom. The Morgan fingerprint density at radius 3 is 2.88 bits per heavy atom. The van der Waals surface area contributed by atoms with Crippen molar-refractivity contribution in [3.8, 4) is 0 Å². The molecule has 0 bridgehead atoms. The van der Waals surface area contributed by atoms with Gasteiger partial charge in [-0.1, -0.05) is 0 Å². The van der Waals surface area contributed by atoms with Crippen molar-refractivity contribution >= 4 is 6.29 Å². The first-order valence-electron chi connectivity index (χ1n) is 2.51. The van der Waals surface area contributed by atoms with Gasteiger partial charge in [-0.3, -0.25) is 0 Å². The molecule has 0 rings (SSSR count). The van der Waals surface area contributed by atoms with Gasteiger partial charge in [-0.2, -0.15) is 0 Å². The largest absolute Gasteiger partial charge is 0.385 e. The molecule has 0 aromatic heterocycles. The van der Waals surface area contributed by atoms with Crippen LogP contribution in [0.15, 0.2) is 0 Å². The van der Waals surface area contributed by atoms with Gasteiger partial charge in [0, 0.05) is 13.7 Å². The molecule has 3 heteroatoms. The minimum atomic E-state index is -0.352. The topological polar surface area (TPSA) is 52.3 Å². The first-order chi connectivity index (χ1) is 3.81. The van der Waals surface area contributed by atoms with E-state index in [1.807, 2.05) is 0 Å². The number of nitrogens with two attached hydrogens (primary N) is 1. The fourth-order valence-electron chi connectivity index (χ4n) is 0.322. The third kappa shape index (κ3) is 3.77. The van der Waals surface area contributed by atoms with Crippen LogP contribution in [0, 0.1) is 0 Å². The highest BCUT2D eigenvalue weighted by atomic mass is 16.5. The number of hydrogen-bond acceptors (Lipinski definition) is 3. The van der Waals surface area contributed by atoms with E-state index in [9.17, 15) is 4.79 Å². The molecule has 0 radical (unpaired) electrons. The third-order valence-corrected chi connectivity index (χ3v) is 0.830. The average molecular weight is 117 g/mol. The molecule has 0 heterocycles. The highest BCUT2D eigenvalue weighted by Crippen LogP contribution is 1.82. The van der Waals surface area contributed by atoms with Crippen LogP contribution in [0.1, 0.15) is 6.42 Å². The molecule has 2 N–H and O–H groups in total. The molecule has 0 aliphatic heterocycles. The summed E-state index contributed by atoms with van der Waals surface area (Å²) in [6.07, 6.45) is 1.33. The molecule has 0 saturated carbocycles. The van der Waals surface area contributed by atoms with Crippen LogP contribution in [-0.2, 0) is 9.53 Å². The summed E-state index contributed by atoms with van der Waals surface area (Å²) in [4.78, 5) is 9.83. The van der Waals surface area contributed by atoms with Crippen molar-refractivity contribution in [1.29, 1.82) is 0 Å². The molecule has 0 fully saturated rings. The number of carbonyl (C=O) groups is 1. The van der Waals surface area contributed by atoms with Crippen molar-refractivity contribution in [3.05, 3.63) is 0 Å². The summed E-state index contributed by atoms with van der Waals surface area (Å²) in [6, 6.07) is -0.352. The van der Waals surface area contributed by atoms with Crippen LogP contribution in [0.4, 0.5) is 0 Å². The minimum Gasteiger partial charge on any atom is -0.385 e. The molecular weight excluding hydrogens is 106 g/mol. The van der Waals surface area contributed by atoms with Gasteiger partial charge in [0.15, 0.2) is 0 Å². The Balaban J connectivity index is 2.98. The molecule has 0 aromatic carbocycles. The lowest BCUT2D eigenvalue weighted by molar-refractivity contribution is -0.109. The molecule has 48 valence electrons. The van der Waals surface area contributed by atoms with Crippen LogP contribution in [0.5, 0.6) is 0 Å². The molecule has 0 aliphatic rings. The van der Waals surface area contributed by atoms with E-state index in [0.29, 0.717) is 13.0 Å². The molecule has 0 spiro atoms. The highest BCUT2D eigenvalue weighted by Gasteiger charge is 1.95. The first kappa shape index (κ1) is 7.59. The summed E-state index contributed by atoms with van der Waals surface area (Å²) in [6.45, 7) is 0.555. The predicted octanol–water partition coefficient (Wildman–Crippen LogP) is -0.451. The Kier molecular flexibility index (Phi) is 4.50. The molecule has 1 atom stereocenters. The van der Waals surface area contributed by atoms with Gasteiger partial charge in [-0.05, 0) is 6.42 Å². The summed E-state index contributed by atoms with van der Waals surface area (Å²) in [5.41, 5.74) is 5.21. The highest BCUT2D eigenvalue weighted by molar-refractivity contribution is 5.56. The standard InChI is InChI=1S/C5H11NO2/c1-8-3-2-5(6)4-7/h4-5H,2-3,6H2,1H3/t5-/m0/s1. The molecule has 3 nitrogen and oxygen atoms in total. The van der Waals surface area contributed by atoms with Gasteiger partial charge in [0.25, 0.3) is 0 Å². The van der Waals surface area contributed by atoms with Gasteiger partial charge in [0.05, 0.1) is 6.04 Å². The number of methoxy groups -OCH3 is 1. The van der Waals surface area contributed by atoms with Crippen molar-refractivity contribution in [1.82, 2.24) is 0 Å². The first-order valence-corrected chi connectivity index (χ1v) is 2.51. The Morgan fingerprint density at radius 2 is 2.50 bits per heavy atom. The van der Waals surface area contributed by atoms with Crippen LogP contribution >= 0.6 is 0 Å². The number of ether oxygens (including phenoxy) is 1. The summed E-state index contributed by atoms with van der Waals surface area (Å²) >= 11 is 0. The van der Waals surface area contributed by atoms with E-state index in [2.05, 4.69) is 4.74 Å². The van der Waals surface area contributed by atoms with E-state index in [4.69, 9.17) is 5.73 Å². The number of carbonyl (C=O) groups excluding carboxylic acids is 1. The second-order valence-corrected chi connectivity index (χ2v) is 1.58. The minimum absolute atomic E-state index is 0.352. The van der Waals surface area contributed by atoms with E-state index >= 15 is 0 Å². The summed E-state index contributed by atoms with van der Waals surface area (Å²) < 4.78 is 4.68. The lowest BCUT2D eigenvalue weighted by Gasteiger charge is -1.99. The van der Waals surface area contributed by atoms with Crippen molar-refractivity contribution in [3.63, 3.8) is 0 Å². The van der Waals surface area contributed by atoms with Crippen molar-refractivity contribution in [2.75, 3.05) is 13.7 Å². The van der Waals surface area contributed by atoms with E-state index < -0.39 is 0 Å². The maximum absolute atomic E-state index is 9.83. The zero-order valence-corrected chi connectivity index (χ0v) is 4.96. The van der Waals surface area contributed by atoms with E-state index in [1.54, 1.807) is 7.11 Å². The number of hydrogen-bond donors (Lipinski definition) is 1. The van der Waals surface area contributed by atoms with E-state index in [1.165, 1.54) is 0 Å². The predicted molar refractivity (Wildman–Crippen MR) is 30.5 cm³/mol. The van der Waals surface area contributed by atoms with Gasteiger partial charge in [0.2, 0.25) is 0 Å². The zero-order chi connectivity index (χ0) is 6.41. The fourth-order valence-corrected chi connectivity index (χ4v) is 0.322. The van der Waals surface area contributed by atoms with Crippen LogP contribution in [0.25, 0.3) is 0 Å². The molecule has 0 unspecified atom stereocenters. The second kappa shape index (κ2) is 4.74. The number of rotatable bonds is 4. The van der Waals surface area contributed by atoms with Gasteiger partial charge in [0.1, 0.15) is 6.29 Å². The molecule has 0 aliphatic carbocycles. The molecule has 0 amide bonds. The average Bonchev–Trinajstić information content (AvgIpc) is 1.83. The van der Waals surface area contributed by atoms with Gasteiger partial charge >= 0.3 is 0 Å². The lowest BCUT2D eigenvalue weighted by atomic mass is 10.3. The summed E-state index contributed by atoms with van der Waals surface area (Å²) in [7, 11) is 1.58. The molecular formula is C5H11NO2. The van der Waals surface area contributed by atoms with Gasteiger partial charge < -0.3 is 15.3 Å². The van der Waals surface area contributed by atoms with Crippen molar-refractivity contribution in [2.45, 2.75) is 12.5 Å². The van der Waals surface area contributed by atoms with Gasteiger partial charge in [-0.25, -0.2) is 0 Å². The number of aldehydes is 1. The summed E-state index contributed by atoms with van der Waals surface area (Å²) in [5.74, 6) is 0. The Hall–Kier alpha value is -0.410. The van der Waals surface area contributed by atoms with Crippen molar-refractivity contribution in [2.24, 2.45) is 5.73 Å². The maximum atomic E-state index is 9.83. The Bertz CT molecular complexity index is 65.4. The normalized spacial score (nSPS) is 13.2. The van der Waals surface area contributed by atoms with E-state index in [0.717, 1.165) is 6.29 Å². The molecule has 8 heavy (non-hydrogen) atoms. The zero-order valence-electron chi connectivity index (χ0n) is 4.96. The van der Waals surface area contributed by atoms with Gasteiger partial charge in [-0.15, -0.1) is 0 Å². The quantitative estimate of drug-likeness (QED) is 0.507. The van der Waals surface area contributed by atoms with Crippen LogP contribution < -0.4 is 5.73 Å². The summed E-state index contributed by atoms with van der Waals surface area (Å²) in [5, 5.41) is 0. The second-order valence-electron chi connectivity index (χ2n) is 1.58. The van der Waals surface area contributed by atoms with Crippen LogP contribution in [0.2, 0.25) is 0 Å². The Labute approximate surface area is 48.8 Å². The van der Waals surface area contributed by atoms with E-state index in [-0.39, 0.29) is 6.04 Å². The lowest BCUT2D eigenvalue weighted by Crippen LogP contribution is -2.22. The monoisotopic (exact) mass is 117 g/mol. The fraction of sp³-hybridized carbons (Fsp3) is 0.800.